The van der Waals surface area contributed by atoms with Crippen molar-refractivity contribution in [1.82, 2.24) is 14.9 Å². The maximum atomic E-state index is 6.08. The van der Waals surface area contributed by atoms with Gasteiger partial charge in [-0.3, -0.25) is 4.90 Å². The molecule has 2 aliphatic rings. The van der Waals surface area contributed by atoms with E-state index >= 15 is 0 Å². The Bertz CT molecular complexity index is 852. The molecule has 5 nitrogen and oxygen atoms in total. The fourth-order valence-corrected chi connectivity index (χ4v) is 4.08. The molecule has 2 aliphatic heterocycles. The van der Waals surface area contributed by atoms with Crippen molar-refractivity contribution in [1.29, 1.82) is 0 Å². The van der Waals surface area contributed by atoms with E-state index in [-0.39, 0.29) is 0 Å². The van der Waals surface area contributed by atoms with E-state index in [1.165, 1.54) is 32.4 Å². The smallest absolute Gasteiger partial charge is 0.196 e. The molecule has 2 aromatic heterocycles. The summed E-state index contributed by atoms with van der Waals surface area (Å²) in [4.78, 5) is 14.0. The van der Waals surface area contributed by atoms with Gasteiger partial charge in [-0.15, -0.1) is 0 Å². The van der Waals surface area contributed by atoms with Gasteiger partial charge in [0, 0.05) is 24.5 Å². The molecular formula is C18H20N4O. The Morgan fingerprint density at radius 1 is 1.04 bits per heavy atom. The average Bonchev–Trinajstić information content (AvgIpc) is 3.32. The third-order valence-corrected chi connectivity index (χ3v) is 5.26. The number of furan rings is 1. The summed E-state index contributed by atoms with van der Waals surface area (Å²) in [6, 6.07) is 8.74. The average molecular weight is 308 g/mol. The topological polar surface area (TPSA) is 45.4 Å². The zero-order valence-electron chi connectivity index (χ0n) is 13.1. The summed E-state index contributed by atoms with van der Waals surface area (Å²) in [5.74, 6) is 0.952. The Morgan fingerprint density at radius 2 is 1.91 bits per heavy atom. The van der Waals surface area contributed by atoms with Crippen molar-refractivity contribution in [3.8, 4) is 0 Å². The lowest BCUT2D eigenvalue weighted by Crippen LogP contribution is -2.35. The van der Waals surface area contributed by atoms with Gasteiger partial charge in [0.15, 0.2) is 11.4 Å². The van der Waals surface area contributed by atoms with E-state index in [1.54, 1.807) is 6.33 Å². The van der Waals surface area contributed by atoms with Crippen molar-refractivity contribution in [2.45, 2.75) is 25.3 Å². The van der Waals surface area contributed by atoms with Gasteiger partial charge >= 0.3 is 0 Å². The zero-order valence-corrected chi connectivity index (χ0v) is 13.1. The zero-order chi connectivity index (χ0) is 15.2. The molecule has 5 heteroatoms. The molecule has 0 amide bonds. The number of anilines is 1. The van der Waals surface area contributed by atoms with E-state index < -0.39 is 0 Å². The molecule has 0 aliphatic carbocycles. The Labute approximate surface area is 134 Å². The molecule has 4 heterocycles. The van der Waals surface area contributed by atoms with Crippen LogP contribution in [0.25, 0.3) is 22.1 Å². The van der Waals surface area contributed by atoms with Gasteiger partial charge in [-0.2, -0.15) is 0 Å². The number of benzene rings is 1. The SMILES string of the molecule is c1ccc2c(c1)oc1c(N3CCC(N4CCCC4)C3)ncnc12. The van der Waals surface area contributed by atoms with Crippen LogP contribution in [0.4, 0.5) is 5.82 Å². The summed E-state index contributed by atoms with van der Waals surface area (Å²) in [6.45, 7) is 4.60. The van der Waals surface area contributed by atoms with E-state index in [1.807, 2.05) is 18.2 Å². The molecule has 2 saturated heterocycles. The fraction of sp³-hybridized carbons (Fsp3) is 0.444. The quantitative estimate of drug-likeness (QED) is 0.728. The van der Waals surface area contributed by atoms with Gasteiger partial charge in [-0.1, -0.05) is 12.1 Å². The molecule has 0 saturated carbocycles. The number of aromatic nitrogens is 2. The maximum Gasteiger partial charge on any atom is 0.196 e. The highest BCUT2D eigenvalue weighted by molar-refractivity contribution is 6.05. The van der Waals surface area contributed by atoms with Crippen LogP contribution in [0.5, 0.6) is 0 Å². The molecule has 0 N–H and O–H groups in total. The van der Waals surface area contributed by atoms with E-state index in [0.29, 0.717) is 6.04 Å². The molecule has 0 bridgehead atoms. The molecular weight excluding hydrogens is 288 g/mol. The van der Waals surface area contributed by atoms with Crippen molar-refractivity contribution in [3.05, 3.63) is 30.6 Å². The minimum atomic E-state index is 0.659. The third-order valence-electron chi connectivity index (χ3n) is 5.26. The highest BCUT2D eigenvalue weighted by atomic mass is 16.3. The van der Waals surface area contributed by atoms with Crippen LogP contribution in [0.2, 0.25) is 0 Å². The predicted molar refractivity (Wildman–Crippen MR) is 90.7 cm³/mol. The van der Waals surface area contributed by atoms with Gasteiger partial charge in [0.2, 0.25) is 0 Å². The first-order valence-electron chi connectivity index (χ1n) is 8.51. The van der Waals surface area contributed by atoms with Gasteiger partial charge in [-0.05, 0) is 44.5 Å². The van der Waals surface area contributed by atoms with Crippen LogP contribution in [0.3, 0.4) is 0 Å². The second-order valence-electron chi connectivity index (χ2n) is 6.60. The highest BCUT2D eigenvalue weighted by Gasteiger charge is 2.31. The molecule has 5 rings (SSSR count). The normalized spacial score (nSPS) is 22.6. The van der Waals surface area contributed by atoms with E-state index in [4.69, 9.17) is 4.42 Å². The van der Waals surface area contributed by atoms with Gasteiger partial charge in [0.1, 0.15) is 17.4 Å². The lowest BCUT2D eigenvalue weighted by molar-refractivity contribution is 0.260. The van der Waals surface area contributed by atoms with E-state index in [9.17, 15) is 0 Å². The number of likely N-dealkylation sites (tertiary alicyclic amines) is 1. The van der Waals surface area contributed by atoms with Crippen LogP contribution < -0.4 is 4.90 Å². The maximum absolute atomic E-state index is 6.08. The highest BCUT2D eigenvalue weighted by Crippen LogP contribution is 2.34. The Kier molecular flexibility index (Phi) is 3.01. The van der Waals surface area contributed by atoms with Gasteiger partial charge < -0.3 is 9.32 Å². The Hall–Kier alpha value is -2.14. The van der Waals surface area contributed by atoms with Gasteiger partial charge in [0.25, 0.3) is 0 Å². The fourth-order valence-electron chi connectivity index (χ4n) is 4.08. The predicted octanol–water partition coefficient (Wildman–Crippen LogP) is 3.05. The lowest BCUT2D eigenvalue weighted by atomic mass is 10.2. The Morgan fingerprint density at radius 3 is 2.83 bits per heavy atom. The van der Waals surface area contributed by atoms with Crippen molar-refractivity contribution in [2.75, 3.05) is 31.1 Å². The monoisotopic (exact) mass is 308 g/mol. The molecule has 118 valence electrons. The third kappa shape index (κ3) is 2.10. The summed E-state index contributed by atoms with van der Waals surface area (Å²) in [6.07, 6.45) is 5.57. The van der Waals surface area contributed by atoms with Crippen molar-refractivity contribution in [3.63, 3.8) is 0 Å². The molecule has 1 aromatic carbocycles. The van der Waals surface area contributed by atoms with Crippen molar-refractivity contribution < 1.29 is 4.42 Å². The number of hydrogen-bond acceptors (Lipinski definition) is 5. The van der Waals surface area contributed by atoms with Crippen LogP contribution in [-0.2, 0) is 0 Å². The first kappa shape index (κ1) is 13.3. The molecule has 0 spiro atoms. The first-order valence-corrected chi connectivity index (χ1v) is 8.51. The summed E-state index contributed by atoms with van der Waals surface area (Å²) >= 11 is 0. The number of fused-ring (bicyclic) bond motifs is 3. The number of hydrogen-bond donors (Lipinski definition) is 0. The van der Waals surface area contributed by atoms with Gasteiger partial charge in [-0.25, -0.2) is 9.97 Å². The molecule has 3 aromatic rings. The summed E-state index contributed by atoms with van der Waals surface area (Å²) < 4.78 is 6.08. The number of rotatable bonds is 2. The molecule has 0 radical (unpaired) electrons. The summed E-state index contributed by atoms with van der Waals surface area (Å²) in [7, 11) is 0. The molecule has 1 atom stereocenters. The van der Waals surface area contributed by atoms with Crippen LogP contribution in [0, 0.1) is 0 Å². The lowest BCUT2D eigenvalue weighted by Gasteiger charge is -2.23. The molecule has 2 fully saturated rings. The van der Waals surface area contributed by atoms with Gasteiger partial charge in [0.05, 0.1) is 0 Å². The second-order valence-corrected chi connectivity index (χ2v) is 6.60. The van der Waals surface area contributed by atoms with Crippen LogP contribution in [0.1, 0.15) is 19.3 Å². The van der Waals surface area contributed by atoms with Crippen molar-refractivity contribution in [2.24, 2.45) is 0 Å². The Balaban J connectivity index is 1.53. The van der Waals surface area contributed by atoms with E-state index in [2.05, 4.69) is 25.8 Å². The molecule has 23 heavy (non-hydrogen) atoms. The minimum Gasteiger partial charge on any atom is -0.450 e. The molecule has 1 unspecified atom stereocenters. The van der Waals surface area contributed by atoms with Crippen LogP contribution in [-0.4, -0.2) is 47.1 Å². The first-order chi connectivity index (χ1) is 11.4. The second kappa shape index (κ2) is 5.20. The number of para-hydroxylation sites is 1. The summed E-state index contributed by atoms with van der Waals surface area (Å²) in [5.41, 5.74) is 2.64. The van der Waals surface area contributed by atoms with Crippen LogP contribution in [0.15, 0.2) is 35.0 Å². The standard InChI is InChI=1S/C18H20N4O/c1-2-6-15-14(5-1)16-17(23-15)18(20-12-19-16)22-10-7-13(11-22)21-8-3-4-9-21/h1-2,5-6,12-13H,3-4,7-11H2. The van der Waals surface area contributed by atoms with E-state index in [0.717, 1.165) is 41.0 Å². The minimum absolute atomic E-state index is 0.659. The summed E-state index contributed by atoms with van der Waals surface area (Å²) in [5, 5.41) is 1.07. The number of nitrogens with zero attached hydrogens (tertiary/aromatic N) is 4. The van der Waals surface area contributed by atoms with Crippen molar-refractivity contribution >= 4 is 27.9 Å². The largest absolute Gasteiger partial charge is 0.450 e. The van der Waals surface area contributed by atoms with Crippen LogP contribution >= 0.6 is 0 Å².